The van der Waals surface area contributed by atoms with Gasteiger partial charge in [-0.1, -0.05) is 19.0 Å². The van der Waals surface area contributed by atoms with Crippen LogP contribution in [0.1, 0.15) is 55.8 Å². The van der Waals surface area contributed by atoms with Gasteiger partial charge in [0, 0.05) is 12.0 Å². The number of aromatic nitrogens is 1. The topological polar surface area (TPSA) is 92.4 Å². The lowest BCUT2D eigenvalue weighted by Crippen LogP contribution is -2.38. The van der Waals surface area contributed by atoms with Crippen molar-refractivity contribution in [3.8, 4) is 0 Å². The summed E-state index contributed by atoms with van der Waals surface area (Å²) in [6, 6.07) is 0.612. The quantitative estimate of drug-likeness (QED) is 0.807. The standard InChI is InChI=1S/C12H18N2O4/c1-4-8(5-2)9-6-10(18-14-9)11(15)13-7(3)12(16)17/h6-8H,4-5H2,1-3H3,(H,13,15)(H,16,17). The summed E-state index contributed by atoms with van der Waals surface area (Å²) >= 11 is 0. The normalized spacial score (nSPS) is 12.4. The molecule has 0 saturated heterocycles. The first kappa shape index (κ1) is 14.2. The van der Waals surface area contributed by atoms with Gasteiger partial charge in [-0.05, 0) is 19.8 Å². The molecule has 0 aliphatic rings. The summed E-state index contributed by atoms with van der Waals surface area (Å²) < 4.78 is 4.94. The molecule has 1 amide bonds. The van der Waals surface area contributed by atoms with Crippen LogP contribution in [0.4, 0.5) is 0 Å². The molecular weight excluding hydrogens is 236 g/mol. The SMILES string of the molecule is CCC(CC)c1cc(C(=O)NC(C)C(=O)O)on1. The van der Waals surface area contributed by atoms with Gasteiger partial charge in [-0.3, -0.25) is 9.59 Å². The van der Waals surface area contributed by atoms with Gasteiger partial charge < -0.3 is 14.9 Å². The van der Waals surface area contributed by atoms with Gasteiger partial charge in [-0.15, -0.1) is 0 Å². The van der Waals surface area contributed by atoms with Crippen LogP contribution in [0.15, 0.2) is 10.6 Å². The highest BCUT2D eigenvalue weighted by molar-refractivity contribution is 5.94. The third-order valence-corrected chi connectivity index (χ3v) is 2.87. The number of nitrogens with zero attached hydrogens (tertiary/aromatic N) is 1. The second kappa shape index (κ2) is 6.18. The van der Waals surface area contributed by atoms with E-state index >= 15 is 0 Å². The fourth-order valence-corrected chi connectivity index (χ4v) is 1.62. The summed E-state index contributed by atoms with van der Waals surface area (Å²) in [4.78, 5) is 22.3. The highest BCUT2D eigenvalue weighted by Crippen LogP contribution is 2.22. The number of carboxylic acids is 1. The van der Waals surface area contributed by atoms with Gasteiger partial charge >= 0.3 is 5.97 Å². The smallest absolute Gasteiger partial charge is 0.325 e. The summed E-state index contributed by atoms with van der Waals surface area (Å²) in [5, 5.41) is 14.8. The van der Waals surface area contributed by atoms with Crippen molar-refractivity contribution in [3.05, 3.63) is 17.5 Å². The van der Waals surface area contributed by atoms with Crippen LogP contribution in [-0.2, 0) is 4.79 Å². The number of aliphatic carboxylic acids is 1. The Hall–Kier alpha value is -1.85. The van der Waals surface area contributed by atoms with Crippen molar-refractivity contribution in [2.75, 3.05) is 0 Å². The first-order chi connectivity index (χ1) is 8.49. The van der Waals surface area contributed by atoms with Crippen LogP contribution in [-0.4, -0.2) is 28.2 Å². The minimum atomic E-state index is -1.09. The van der Waals surface area contributed by atoms with E-state index in [2.05, 4.69) is 10.5 Å². The predicted molar refractivity (Wildman–Crippen MR) is 64.4 cm³/mol. The maximum absolute atomic E-state index is 11.7. The molecule has 0 aliphatic carbocycles. The van der Waals surface area contributed by atoms with E-state index in [1.54, 1.807) is 6.07 Å². The molecule has 0 fully saturated rings. The van der Waals surface area contributed by atoms with Gasteiger partial charge in [0.25, 0.3) is 5.91 Å². The second-order valence-electron chi connectivity index (χ2n) is 4.16. The van der Waals surface area contributed by atoms with Gasteiger partial charge in [0.05, 0.1) is 5.69 Å². The van der Waals surface area contributed by atoms with Crippen molar-refractivity contribution in [3.63, 3.8) is 0 Å². The van der Waals surface area contributed by atoms with Crippen molar-refractivity contribution in [1.29, 1.82) is 0 Å². The summed E-state index contributed by atoms with van der Waals surface area (Å²) in [6.07, 6.45) is 1.82. The van der Waals surface area contributed by atoms with E-state index in [0.29, 0.717) is 0 Å². The largest absolute Gasteiger partial charge is 0.480 e. The maximum Gasteiger partial charge on any atom is 0.325 e. The van der Waals surface area contributed by atoms with Crippen molar-refractivity contribution in [2.24, 2.45) is 0 Å². The monoisotopic (exact) mass is 254 g/mol. The molecule has 1 aromatic rings. The van der Waals surface area contributed by atoms with Crippen molar-refractivity contribution < 1.29 is 19.2 Å². The number of nitrogens with one attached hydrogen (secondary N) is 1. The molecule has 0 aliphatic heterocycles. The van der Waals surface area contributed by atoms with Crippen LogP contribution in [0.5, 0.6) is 0 Å². The van der Waals surface area contributed by atoms with E-state index in [0.717, 1.165) is 18.5 Å². The number of carbonyl (C=O) groups excluding carboxylic acids is 1. The Kier molecular flexibility index (Phi) is 4.88. The molecule has 2 N–H and O–H groups in total. The molecule has 0 bridgehead atoms. The van der Waals surface area contributed by atoms with Crippen LogP contribution < -0.4 is 5.32 Å². The minimum absolute atomic E-state index is 0.0463. The number of carbonyl (C=O) groups is 2. The minimum Gasteiger partial charge on any atom is -0.480 e. The summed E-state index contributed by atoms with van der Waals surface area (Å²) in [6.45, 7) is 5.46. The molecule has 1 aromatic heterocycles. The fourth-order valence-electron chi connectivity index (χ4n) is 1.62. The molecule has 1 heterocycles. The average molecular weight is 254 g/mol. The van der Waals surface area contributed by atoms with E-state index in [1.807, 2.05) is 13.8 Å². The zero-order valence-electron chi connectivity index (χ0n) is 10.8. The first-order valence-corrected chi connectivity index (χ1v) is 5.99. The van der Waals surface area contributed by atoms with Gasteiger partial charge in [0.1, 0.15) is 6.04 Å². The van der Waals surface area contributed by atoms with Crippen LogP contribution in [0.2, 0.25) is 0 Å². The average Bonchev–Trinajstić information content (AvgIpc) is 2.80. The van der Waals surface area contributed by atoms with E-state index in [9.17, 15) is 9.59 Å². The van der Waals surface area contributed by atoms with E-state index < -0.39 is 17.9 Å². The molecule has 6 nitrogen and oxygen atoms in total. The molecule has 1 rings (SSSR count). The summed E-state index contributed by atoms with van der Waals surface area (Å²) in [5.74, 6) is -1.35. The highest BCUT2D eigenvalue weighted by Gasteiger charge is 2.20. The molecule has 0 radical (unpaired) electrons. The van der Waals surface area contributed by atoms with Gasteiger partial charge in [-0.25, -0.2) is 0 Å². The number of hydrogen-bond acceptors (Lipinski definition) is 4. The predicted octanol–water partition coefficient (Wildman–Crippen LogP) is 1.78. The Morgan fingerprint density at radius 2 is 2.06 bits per heavy atom. The highest BCUT2D eigenvalue weighted by atomic mass is 16.5. The molecule has 18 heavy (non-hydrogen) atoms. The van der Waals surface area contributed by atoms with Crippen LogP contribution in [0.3, 0.4) is 0 Å². The van der Waals surface area contributed by atoms with Crippen molar-refractivity contribution in [2.45, 2.75) is 45.6 Å². The lowest BCUT2D eigenvalue weighted by atomic mass is 9.99. The summed E-state index contributed by atoms with van der Waals surface area (Å²) in [7, 11) is 0. The Bertz CT molecular complexity index is 423. The zero-order chi connectivity index (χ0) is 13.7. The Labute approximate surface area is 105 Å². The van der Waals surface area contributed by atoms with Crippen molar-refractivity contribution >= 4 is 11.9 Å². The third-order valence-electron chi connectivity index (χ3n) is 2.87. The Balaban J connectivity index is 2.73. The third kappa shape index (κ3) is 3.32. The van der Waals surface area contributed by atoms with Gasteiger partial charge in [-0.2, -0.15) is 0 Å². The van der Waals surface area contributed by atoms with Crippen LogP contribution in [0, 0.1) is 0 Å². The molecule has 6 heteroatoms. The molecule has 100 valence electrons. The molecule has 0 spiro atoms. The van der Waals surface area contributed by atoms with Gasteiger partial charge in [0.2, 0.25) is 5.76 Å². The number of hydrogen-bond donors (Lipinski definition) is 2. The molecule has 0 saturated carbocycles. The Morgan fingerprint density at radius 1 is 1.44 bits per heavy atom. The van der Waals surface area contributed by atoms with Crippen LogP contribution in [0.25, 0.3) is 0 Å². The number of amides is 1. The first-order valence-electron chi connectivity index (χ1n) is 5.99. The molecule has 1 atom stereocenters. The summed E-state index contributed by atoms with van der Waals surface area (Å²) in [5.41, 5.74) is 0.730. The fraction of sp³-hybridized carbons (Fsp3) is 0.583. The molecule has 1 unspecified atom stereocenters. The van der Waals surface area contributed by atoms with E-state index in [4.69, 9.17) is 9.63 Å². The number of carboxylic acid groups (broad SMARTS) is 1. The van der Waals surface area contributed by atoms with E-state index in [-0.39, 0.29) is 11.7 Å². The molecular formula is C12H18N2O4. The lowest BCUT2D eigenvalue weighted by molar-refractivity contribution is -0.138. The lowest BCUT2D eigenvalue weighted by Gasteiger charge is -2.07. The Morgan fingerprint density at radius 3 is 2.56 bits per heavy atom. The maximum atomic E-state index is 11.7. The van der Waals surface area contributed by atoms with Crippen molar-refractivity contribution in [1.82, 2.24) is 10.5 Å². The van der Waals surface area contributed by atoms with E-state index in [1.165, 1.54) is 6.92 Å². The zero-order valence-corrected chi connectivity index (χ0v) is 10.8. The van der Waals surface area contributed by atoms with Gasteiger partial charge in [0.15, 0.2) is 0 Å². The van der Waals surface area contributed by atoms with Crippen LogP contribution >= 0.6 is 0 Å². The second-order valence-corrected chi connectivity index (χ2v) is 4.16. The number of rotatable bonds is 6. The molecule has 0 aromatic carbocycles.